The van der Waals surface area contributed by atoms with E-state index in [2.05, 4.69) is 34.8 Å². The normalized spacial score (nSPS) is 20.5. The molecule has 1 saturated heterocycles. The number of nitrogens with zero attached hydrogens (tertiary/aromatic N) is 3. The molecule has 0 amide bonds. The monoisotopic (exact) mass is 206 g/mol. The molecule has 0 spiro atoms. The molecule has 82 valence electrons. The van der Waals surface area contributed by atoms with E-state index < -0.39 is 0 Å². The highest BCUT2D eigenvalue weighted by Gasteiger charge is 2.27. The van der Waals surface area contributed by atoms with E-state index in [4.69, 9.17) is 5.73 Å². The minimum absolute atomic E-state index is 0.448. The lowest BCUT2D eigenvalue weighted by molar-refractivity contribution is 0.451. The van der Waals surface area contributed by atoms with Crippen molar-refractivity contribution >= 4 is 5.82 Å². The number of hydrogen-bond acceptors (Lipinski definition) is 4. The molecule has 0 aliphatic carbocycles. The van der Waals surface area contributed by atoms with Crippen LogP contribution >= 0.6 is 0 Å². The first-order valence-electron chi connectivity index (χ1n) is 5.51. The van der Waals surface area contributed by atoms with Crippen LogP contribution in [0.2, 0.25) is 0 Å². The quantitative estimate of drug-likeness (QED) is 0.805. The van der Waals surface area contributed by atoms with Gasteiger partial charge in [0.25, 0.3) is 0 Å². The van der Waals surface area contributed by atoms with E-state index in [1.54, 1.807) is 6.33 Å². The summed E-state index contributed by atoms with van der Waals surface area (Å²) in [4.78, 5) is 10.8. The Morgan fingerprint density at radius 3 is 2.87 bits per heavy atom. The molecule has 15 heavy (non-hydrogen) atoms. The zero-order valence-corrected chi connectivity index (χ0v) is 9.35. The molecule has 4 nitrogen and oxygen atoms in total. The molecule has 1 aliphatic heterocycles. The summed E-state index contributed by atoms with van der Waals surface area (Å²) in [7, 11) is 0. The first kappa shape index (κ1) is 10.4. The van der Waals surface area contributed by atoms with Crippen LogP contribution in [-0.4, -0.2) is 29.1 Å². The molecule has 0 radical (unpaired) electrons. The van der Waals surface area contributed by atoms with Gasteiger partial charge in [0.15, 0.2) is 0 Å². The van der Waals surface area contributed by atoms with E-state index in [1.165, 1.54) is 6.42 Å². The van der Waals surface area contributed by atoms with Crippen LogP contribution < -0.4 is 10.6 Å². The van der Waals surface area contributed by atoms with Gasteiger partial charge < -0.3 is 10.6 Å². The van der Waals surface area contributed by atoms with Crippen LogP contribution in [0.4, 0.5) is 5.82 Å². The maximum atomic E-state index is 5.67. The van der Waals surface area contributed by atoms with Gasteiger partial charge in [0.2, 0.25) is 0 Å². The number of nitrogens with two attached hydrogens (primary N) is 1. The average molecular weight is 206 g/mol. The molecular formula is C11H18N4. The Bertz CT molecular complexity index is 335. The summed E-state index contributed by atoms with van der Waals surface area (Å²) >= 11 is 0. The van der Waals surface area contributed by atoms with Crippen LogP contribution in [0.1, 0.15) is 31.9 Å². The molecule has 1 aromatic rings. The highest BCUT2D eigenvalue weighted by molar-refractivity contribution is 5.43. The fraction of sp³-hybridized carbons (Fsp3) is 0.636. The smallest absolute Gasteiger partial charge is 0.132 e. The van der Waals surface area contributed by atoms with E-state index >= 15 is 0 Å². The van der Waals surface area contributed by atoms with Crippen molar-refractivity contribution in [3.8, 4) is 0 Å². The zero-order valence-electron chi connectivity index (χ0n) is 9.35. The van der Waals surface area contributed by atoms with Gasteiger partial charge >= 0.3 is 0 Å². The summed E-state index contributed by atoms with van der Waals surface area (Å²) in [6.45, 7) is 6.06. The maximum absolute atomic E-state index is 5.67. The van der Waals surface area contributed by atoms with Crippen LogP contribution in [0, 0.1) is 0 Å². The minimum Gasteiger partial charge on any atom is -0.352 e. The Kier molecular flexibility index (Phi) is 2.86. The van der Waals surface area contributed by atoms with Crippen molar-refractivity contribution in [3.63, 3.8) is 0 Å². The van der Waals surface area contributed by atoms with Crippen LogP contribution in [-0.2, 0) is 0 Å². The Morgan fingerprint density at radius 1 is 1.53 bits per heavy atom. The van der Waals surface area contributed by atoms with Crippen molar-refractivity contribution in [1.82, 2.24) is 9.97 Å². The van der Waals surface area contributed by atoms with E-state index in [1.807, 2.05) is 0 Å². The molecule has 2 N–H and O–H groups in total. The van der Waals surface area contributed by atoms with Crippen molar-refractivity contribution in [2.45, 2.75) is 32.2 Å². The van der Waals surface area contributed by atoms with Crippen molar-refractivity contribution in [2.75, 3.05) is 18.0 Å². The maximum Gasteiger partial charge on any atom is 0.132 e. The zero-order chi connectivity index (χ0) is 10.8. The van der Waals surface area contributed by atoms with E-state index in [0.717, 1.165) is 18.1 Å². The van der Waals surface area contributed by atoms with Crippen molar-refractivity contribution < 1.29 is 0 Å². The lowest BCUT2D eigenvalue weighted by Gasteiger charge is -2.41. The average Bonchev–Trinajstić information content (AvgIpc) is 2.17. The second kappa shape index (κ2) is 4.14. The third-order valence-corrected chi connectivity index (χ3v) is 2.98. The fourth-order valence-corrected chi connectivity index (χ4v) is 1.82. The lowest BCUT2D eigenvalue weighted by atomic mass is 10.0. The largest absolute Gasteiger partial charge is 0.352 e. The summed E-state index contributed by atoms with van der Waals surface area (Å²) < 4.78 is 0. The molecule has 2 heterocycles. The Labute approximate surface area is 90.5 Å². The summed E-state index contributed by atoms with van der Waals surface area (Å²) in [6, 6.07) is 2.55. The molecule has 4 heteroatoms. The second-order valence-corrected chi connectivity index (χ2v) is 4.33. The van der Waals surface area contributed by atoms with Gasteiger partial charge in [-0.2, -0.15) is 0 Å². The summed E-state index contributed by atoms with van der Waals surface area (Å²) in [5.41, 5.74) is 6.77. The molecule has 0 aromatic carbocycles. The van der Waals surface area contributed by atoms with Crippen LogP contribution in [0.15, 0.2) is 12.4 Å². The highest BCUT2D eigenvalue weighted by Crippen LogP contribution is 2.25. The van der Waals surface area contributed by atoms with Crippen LogP contribution in [0.5, 0.6) is 0 Å². The lowest BCUT2D eigenvalue weighted by Crippen LogP contribution is -2.52. The van der Waals surface area contributed by atoms with Gasteiger partial charge in [-0.3, -0.25) is 0 Å². The molecule has 1 aromatic heterocycles. The first-order valence-corrected chi connectivity index (χ1v) is 5.51. The van der Waals surface area contributed by atoms with Crippen molar-refractivity contribution in [3.05, 3.63) is 18.1 Å². The number of anilines is 1. The van der Waals surface area contributed by atoms with Gasteiger partial charge in [0.05, 0.1) is 0 Å². The van der Waals surface area contributed by atoms with E-state index in [9.17, 15) is 0 Å². The minimum atomic E-state index is 0.448. The molecule has 1 aliphatic rings. The van der Waals surface area contributed by atoms with Gasteiger partial charge in [0.1, 0.15) is 12.1 Å². The Morgan fingerprint density at radius 2 is 2.33 bits per heavy atom. The molecular weight excluding hydrogens is 188 g/mol. The van der Waals surface area contributed by atoms with Gasteiger partial charge in [0, 0.05) is 30.9 Å². The summed E-state index contributed by atoms with van der Waals surface area (Å²) in [5, 5.41) is 0. The predicted molar refractivity (Wildman–Crippen MR) is 60.9 cm³/mol. The third kappa shape index (κ3) is 1.95. The Hall–Kier alpha value is -1.16. The van der Waals surface area contributed by atoms with E-state index in [-0.39, 0.29) is 0 Å². The third-order valence-electron chi connectivity index (χ3n) is 2.98. The van der Waals surface area contributed by atoms with Gasteiger partial charge in [-0.25, -0.2) is 9.97 Å². The summed E-state index contributed by atoms with van der Waals surface area (Å²) in [6.07, 6.45) is 2.83. The molecule has 0 saturated carbocycles. The second-order valence-electron chi connectivity index (χ2n) is 4.33. The first-order chi connectivity index (χ1) is 7.22. The number of hydrogen-bond donors (Lipinski definition) is 1. The summed E-state index contributed by atoms with van der Waals surface area (Å²) in [5.74, 6) is 1.47. The topological polar surface area (TPSA) is 55.0 Å². The van der Waals surface area contributed by atoms with Crippen LogP contribution in [0.3, 0.4) is 0 Å². The molecule has 1 atom stereocenters. The van der Waals surface area contributed by atoms with Crippen molar-refractivity contribution in [1.29, 1.82) is 0 Å². The predicted octanol–water partition coefficient (Wildman–Crippen LogP) is 1.14. The molecule has 0 bridgehead atoms. The molecule has 1 unspecified atom stereocenters. The number of aromatic nitrogens is 2. The van der Waals surface area contributed by atoms with Crippen molar-refractivity contribution in [2.24, 2.45) is 5.73 Å². The standard InChI is InChI=1S/C11H18N4/c1-8(2)10-5-11(14-7-13-10)15-4-3-9(15)6-12/h5,7-9H,3-4,6,12H2,1-2H3. The van der Waals surface area contributed by atoms with Gasteiger partial charge in [-0.1, -0.05) is 13.8 Å². The highest BCUT2D eigenvalue weighted by atomic mass is 15.3. The SMILES string of the molecule is CC(C)c1cc(N2CCC2CN)ncn1. The fourth-order valence-electron chi connectivity index (χ4n) is 1.82. The van der Waals surface area contributed by atoms with Gasteiger partial charge in [-0.05, 0) is 12.3 Å². The Balaban J connectivity index is 2.18. The molecule has 2 rings (SSSR count). The molecule has 1 fully saturated rings. The number of rotatable bonds is 3. The van der Waals surface area contributed by atoms with Gasteiger partial charge in [-0.15, -0.1) is 0 Å². The van der Waals surface area contributed by atoms with E-state index in [0.29, 0.717) is 18.5 Å². The van der Waals surface area contributed by atoms with Crippen LogP contribution in [0.25, 0.3) is 0 Å².